The minimum absolute atomic E-state index is 0.0161. The van der Waals surface area contributed by atoms with Crippen LogP contribution in [0.25, 0.3) is 5.57 Å². The van der Waals surface area contributed by atoms with Gasteiger partial charge in [-0.3, -0.25) is 4.79 Å². The number of carbonyl (C=O) groups excluding carboxylic acids is 1. The number of carboxylic acids is 1. The zero-order valence-electron chi connectivity index (χ0n) is 28.5. The summed E-state index contributed by atoms with van der Waals surface area (Å²) in [7, 11) is 0. The molecule has 7 heteroatoms. The van der Waals surface area contributed by atoms with Crippen LogP contribution >= 0.6 is 11.3 Å². The van der Waals surface area contributed by atoms with Gasteiger partial charge in [0.1, 0.15) is 5.51 Å². The lowest BCUT2D eigenvalue weighted by molar-refractivity contribution is -0.224. The van der Waals surface area contributed by atoms with Gasteiger partial charge in [0.15, 0.2) is 0 Å². The van der Waals surface area contributed by atoms with Crippen molar-refractivity contribution in [3.05, 3.63) is 59.1 Å². The van der Waals surface area contributed by atoms with Crippen LogP contribution in [0.5, 0.6) is 0 Å². The fourth-order valence-corrected chi connectivity index (χ4v) is 13.3. The monoisotopic (exact) mass is 641 g/mol. The van der Waals surface area contributed by atoms with Crippen molar-refractivity contribution in [1.29, 1.82) is 0 Å². The number of benzene rings is 1. The van der Waals surface area contributed by atoms with Gasteiger partial charge >= 0.3 is 5.97 Å². The molecule has 0 bridgehead atoms. The van der Waals surface area contributed by atoms with E-state index in [0.717, 1.165) is 37.7 Å². The van der Waals surface area contributed by atoms with E-state index < -0.39 is 5.97 Å². The summed E-state index contributed by atoms with van der Waals surface area (Å²) in [5.74, 6) is 1.61. The highest BCUT2D eigenvalue weighted by molar-refractivity contribution is 7.13. The first kappa shape index (κ1) is 31.8. The van der Waals surface area contributed by atoms with Crippen molar-refractivity contribution < 1.29 is 14.7 Å². The lowest BCUT2D eigenvalue weighted by atomic mass is 9.32. The van der Waals surface area contributed by atoms with Crippen LogP contribution in [-0.2, 0) is 4.79 Å². The number of nitrogens with one attached hydrogen (secondary N) is 1. The topological polar surface area (TPSA) is 92.2 Å². The van der Waals surface area contributed by atoms with E-state index in [1.807, 2.05) is 12.1 Å². The first-order chi connectivity index (χ1) is 21.7. The Morgan fingerprint density at radius 3 is 2.33 bits per heavy atom. The standard InChI is InChI=1S/C39H51N3O3S/c1-23(2)26-14-19-39(33(45)41-34-42-40-22-46-34)21-20-37(6)28(31(26)39)12-13-30-36(5)17-15-27(24-8-10-25(11-9-24)32(43)44)35(3,4)29(36)16-18-38(30,37)7/h8-11,15,22,26,28-31H,1,12-14,16-21H2,2-7H3,(H,43,44)(H,41,42,45)/t26-,28+,29-,30+,31+,36-,37+,38+,39-/m0/s1. The summed E-state index contributed by atoms with van der Waals surface area (Å²) in [6.45, 7) is 19.4. The molecular formula is C39H51N3O3S. The number of aromatic nitrogens is 2. The van der Waals surface area contributed by atoms with Crippen molar-refractivity contribution in [3.8, 4) is 0 Å². The molecule has 0 saturated heterocycles. The van der Waals surface area contributed by atoms with E-state index in [4.69, 9.17) is 0 Å². The Labute approximate surface area is 278 Å². The maximum absolute atomic E-state index is 14.3. The second-order valence-corrected chi connectivity index (χ2v) is 17.8. The number of fused-ring (bicyclic) bond motifs is 7. The summed E-state index contributed by atoms with van der Waals surface area (Å²) < 4.78 is 0. The first-order valence-electron chi connectivity index (χ1n) is 17.5. The Morgan fingerprint density at radius 1 is 0.935 bits per heavy atom. The Kier molecular flexibility index (Phi) is 7.32. The highest BCUT2D eigenvalue weighted by atomic mass is 32.1. The largest absolute Gasteiger partial charge is 0.478 e. The molecule has 1 amide bonds. The Bertz CT molecular complexity index is 1600. The average molecular weight is 642 g/mol. The van der Waals surface area contributed by atoms with Crippen LogP contribution in [0.4, 0.5) is 5.13 Å². The number of allylic oxidation sites excluding steroid dienone is 3. The molecule has 0 spiro atoms. The number of rotatable bonds is 5. The van der Waals surface area contributed by atoms with Crippen molar-refractivity contribution in [2.45, 2.75) is 99.3 Å². The molecule has 1 aromatic heterocycles. The zero-order valence-corrected chi connectivity index (χ0v) is 29.3. The van der Waals surface area contributed by atoms with Crippen molar-refractivity contribution in [2.75, 3.05) is 5.32 Å². The van der Waals surface area contributed by atoms with Crippen LogP contribution in [0.3, 0.4) is 0 Å². The zero-order chi connectivity index (χ0) is 32.9. The second kappa shape index (κ2) is 10.6. The molecular weight excluding hydrogens is 591 g/mol. The van der Waals surface area contributed by atoms with Gasteiger partial charge in [-0.2, -0.15) is 0 Å². The molecule has 9 atom stereocenters. The van der Waals surface area contributed by atoms with Gasteiger partial charge in [0.2, 0.25) is 11.0 Å². The Hall–Kier alpha value is -2.80. The molecule has 4 saturated carbocycles. The number of anilines is 1. The van der Waals surface area contributed by atoms with Gasteiger partial charge in [0, 0.05) is 0 Å². The molecule has 4 fully saturated rings. The molecule has 5 aliphatic carbocycles. The van der Waals surface area contributed by atoms with Crippen molar-refractivity contribution >= 4 is 33.9 Å². The van der Waals surface area contributed by atoms with Gasteiger partial charge in [-0.1, -0.05) is 76.3 Å². The van der Waals surface area contributed by atoms with Crippen LogP contribution < -0.4 is 5.32 Å². The number of hydrogen-bond acceptors (Lipinski definition) is 5. The third kappa shape index (κ3) is 4.25. The fourth-order valence-electron chi connectivity index (χ4n) is 12.9. The third-order valence-corrected chi connectivity index (χ3v) is 15.7. The minimum Gasteiger partial charge on any atom is -0.478 e. The second-order valence-electron chi connectivity index (χ2n) is 17.0. The maximum atomic E-state index is 14.3. The molecule has 0 radical (unpaired) electrons. The molecule has 0 aliphatic heterocycles. The van der Waals surface area contributed by atoms with Gasteiger partial charge in [0.25, 0.3) is 0 Å². The highest BCUT2D eigenvalue weighted by Crippen LogP contribution is 2.77. The third-order valence-electron chi connectivity index (χ3n) is 15.1. The maximum Gasteiger partial charge on any atom is 0.335 e. The number of aromatic carboxylic acids is 1. The Balaban J connectivity index is 1.23. The van der Waals surface area contributed by atoms with Gasteiger partial charge in [-0.15, -0.1) is 10.2 Å². The normalized spacial score (nSPS) is 40.8. The van der Waals surface area contributed by atoms with E-state index in [9.17, 15) is 14.7 Å². The van der Waals surface area contributed by atoms with E-state index in [0.29, 0.717) is 40.3 Å². The average Bonchev–Trinajstić information content (AvgIpc) is 3.66. The first-order valence-corrected chi connectivity index (χ1v) is 18.3. The van der Waals surface area contributed by atoms with Crippen molar-refractivity contribution in [1.82, 2.24) is 10.2 Å². The Morgan fingerprint density at radius 2 is 1.67 bits per heavy atom. The quantitative estimate of drug-likeness (QED) is 0.317. The lowest BCUT2D eigenvalue weighted by Crippen LogP contribution is -2.66. The summed E-state index contributed by atoms with van der Waals surface area (Å²) in [6.07, 6.45) is 12.4. The molecule has 1 aromatic carbocycles. The number of nitrogens with zero attached hydrogens (tertiary/aromatic N) is 2. The van der Waals surface area contributed by atoms with Crippen LogP contribution in [0.1, 0.15) is 115 Å². The number of hydrogen-bond donors (Lipinski definition) is 2. The molecule has 46 heavy (non-hydrogen) atoms. The minimum atomic E-state index is -0.878. The van der Waals surface area contributed by atoms with Crippen LogP contribution in [0, 0.1) is 56.7 Å². The lowest BCUT2D eigenvalue weighted by Gasteiger charge is -2.72. The summed E-state index contributed by atoms with van der Waals surface area (Å²) in [5, 5.41) is 21.4. The molecule has 0 unspecified atom stereocenters. The highest BCUT2D eigenvalue weighted by Gasteiger charge is 2.71. The van der Waals surface area contributed by atoms with E-state index in [1.165, 1.54) is 48.2 Å². The fraction of sp³-hybridized carbons (Fsp3) is 0.641. The summed E-state index contributed by atoms with van der Waals surface area (Å²) in [5.41, 5.74) is 5.93. The van der Waals surface area contributed by atoms with E-state index in [-0.39, 0.29) is 33.0 Å². The number of carboxylic acid groups (broad SMARTS) is 1. The molecule has 1 heterocycles. The molecule has 2 N–H and O–H groups in total. The SMILES string of the molecule is C=C(C)[C@@H]1CC[C@]2(C(=O)Nc3nncs3)CC[C@]3(C)[C@H](CC[C@@H]4[C@@]5(C)CC=C(c6ccc(C(=O)O)cc6)C(C)(C)[C@@H]5CC[C@]43C)[C@@H]12. The van der Waals surface area contributed by atoms with E-state index >= 15 is 0 Å². The van der Waals surface area contributed by atoms with Gasteiger partial charge < -0.3 is 10.4 Å². The predicted molar refractivity (Wildman–Crippen MR) is 184 cm³/mol. The number of carbonyl (C=O) groups is 2. The van der Waals surface area contributed by atoms with E-state index in [1.54, 1.807) is 17.6 Å². The molecule has 6 nitrogen and oxygen atoms in total. The van der Waals surface area contributed by atoms with Crippen molar-refractivity contribution in [3.63, 3.8) is 0 Å². The summed E-state index contributed by atoms with van der Waals surface area (Å²) >= 11 is 1.40. The molecule has 5 aliphatic rings. The molecule has 2 aromatic rings. The van der Waals surface area contributed by atoms with Crippen LogP contribution in [0.2, 0.25) is 0 Å². The van der Waals surface area contributed by atoms with Gasteiger partial charge in [0.05, 0.1) is 11.0 Å². The molecule has 7 rings (SSSR count). The van der Waals surface area contributed by atoms with Crippen LogP contribution in [-0.4, -0.2) is 27.2 Å². The molecule has 246 valence electrons. The number of amides is 1. The van der Waals surface area contributed by atoms with E-state index in [2.05, 4.69) is 69.7 Å². The smallest absolute Gasteiger partial charge is 0.335 e. The van der Waals surface area contributed by atoms with Crippen molar-refractivity contribution in [2.24, 2.45) is 56.7 Å². The summed E-state index contributed by atoms with van der Waals surface area (Å²) in [6, 6.07) is 7.52. The summed E-state index contributed by atoms with van der Waals surface area (Å²) in [4.78, 5) is 25.8. The van der Waals surface area contributed by atoms with Gasteiger partial charge in [-0.05, 0) is 139 Å². The van der Waals surface area contributed by atoms with Crippen LogP contribution in [0.15, 0.2) is 48.0 Å². The van der Waals surface area contributed by atoms with Gasteiger partial charge in [-0.25, -0.2) is 4.79 Å². The predicted octanol–water partition coefficient (Wildman–Crippen LogP) is 9.53.